The van der Waals surface area contributed by atoms with Gasteiger partial charge in [0.25, 0.3) is 0 Å². The second kappa shape index (κ2) is 7.43. The highest BCUT2D eigenvalue weighted by atomic mass is 19.1. The Kier molecular flexibility index (Phi) is 6.22. The lowest BCUT2D eigenvalue weighted by molar-refractivity contribution is 0.325. The van der Waals surface area contributed by atoms with E-state index in [1.54, 1.807) is 0 Å². The van der Waals surface area contributed by atoms with Crippen molar-refractivity contribution in [3.63, 3.8) is 0 Å². The van der Waals surface area contributed by atoms with Crippen molar-refractivity contribution in [2.24, 2.45) is 5.92 Å². The van der Waals surface area contributed by atoms with Crippen LogP contribution in [0.1, 0.15) is 45.2 Å². The number of benzene rings is 1. The first-order chi connectivity index (χ1) is 9.08. The number of halogens is 2. The van der Waals surface area contributed by atoms with E-state index in [4.69, 9.17) is 4.74 Å². The standard InChI is InChI=1S/C15H23F2NO/c1-5-10(6-2)15(18-7-3)14-12(16)8-11(19-4)9-13(14)17/h8-10,15,18H,5-7H2,1-4H3. The maximum Gasteiger partial charge on any atom is 0.134 e. The second-order valence-corrected chi connectivity index (χ2v) is 4.62. The summed E-state index contributed by atoms with van der Waals surface area (Å²) < 4.78 is 33.2. The third kappa shape index (κ3) is 3.66. The van der Waals surface area contributed by atoms with Gasteiger partial charge in [0, 0.05) is 23.7 Å². The summed E-state index contributed by atoms with van der Waals surface area (Å²) in [6.07, 6.45) is 1.75. The van der Waals surface area contributed by atoms with Crippen LogP contribution in [0.15, 0.2) is 12.1 Å². The maximum absolute atomic E-state index is 14.1. The lowest BCUT2D eigenvalue weighted by Gasteiger charge is -2.27. The summed E-state index contributed by atoms with van der Waals surface area (Å²) in [4.78, 5) is 0. The first-order valence-electron chi connectivity index (χ1n) is 6.85. The molecule has 2 nitrogen and oxygen atoms in total. The van der Waals surface area contributed by atoms with Gasteiger partial charge in [-0.15, -0.1) is 0 Å². The molecule has 0 radical (unpaired) electrons. The van der Waals surface area contributed by atoms with E-state index in [1.165, 1.54) is 19.2 Å². The Morgan fingerprint density at radius 2 is 1.63 bits per heavy atom. The molecular weight excluding hydrogens is 248 g/mol. The zero-order valence-corrected chi connectivity index (χ0v) is 12.1. The Morgan fingerprint density at radius 1 is 1.11 bits per heavy atom. The molecule has 0 saturated carbocycles. The van der Waals surface area contributed by atoms with Gasteiger partial charge in [-0.1, -0.05) is 33.6 Å². The minimum absolute atomic E-state index is 0.122. The lowest BCUT2D eigenvalue weighted by atomic mass is 9.88. The van der Waals surface area contributed by atoms with E-state index < -0.39 is 11.6 Å². The first kappa shape index (κ1) is 15.9. The molecule has 4 heteroatoms. The smallest absolute Gasteiger partial charge is 0.134 e. The molecule has 0 amide bonds. The third-order valence-electron chi connectivity index (χ3n) is 3.54. The van der Waals surface area contributed by atoms with Crippen molar-refractivity contribution in [1.29, 1.82) is 0 Å². The van der Waals surface area contributed by atoms with Crippen molar-refractivity contribution in [2.45, 2.75) is 39.7 Å². The molecule has 1 rings (SSSR count). The maximum atomic E-state index is 14.1. The highest BCUT2D eigenvalue weighted by molar-refractivity contribution is 5.33. The van der Waals surface area contributed by atoms with Crippen molar-refractivity contribution in [1.82, 2.24) is 5.32 Å². The predicted octanol–water partition coefficient (Wildman–Crippen LogP) is 4.06. The topological polar surface area (TPSA) is 21.3 Å². The average molecular weight is 271 g/mol. The van der Waals surface area contributed by atoms with Gasteiger partial charge in [0.15, 0.2) is 0 Å². The van der Waals surface area contributed by atoms with Crippen LogP contribution in [0.2, 0.25) is 0 Å². The van der Waals surface area contributed by atoms with Crippen LogP contribution in [0.25, 0.3) is 0 Å². The molecule has 1 unspecified atom stereocenters. The minimum Gasteiger partial charge on any atom is -0.497 e. The molecule has 0 aromatic heterocycles. The van der Waals surface area contributed by atoms with Crippen molar-refractivity contribution < 1.29 is 13.5 Å². The summed E-state index contributed by atoms with van der Waals surface area (Å²) in [6, 6.07) is 2.18. The van der Waals surface area contributed by atoms with Gasteiger partial charge >= 0.3 is 0 Å². The molecule has 0 saturated heterocycles. The summed E-state index contributed by atoms with van der Waals surface area (Å²) in [5, 5.41) is 3.20. The van der Waals surface area contributed by atoms with Crippen LogP contribution in [0.4, 0.5) is 8.78 Å². The second-order valence-electron chi connectivity index (χ2n) is 4.62. The van der Waals surface area contributed by atoms with Crippen molar-refractivity contribution in [3.05, 3.63) is 29.3 Å². The van der Waals surface area contributed by atoms with Gasteiger partial charge in [-0.3, -0.25) is 0 Å². The van der Waals surface area contributed by atoms with E-state index in [0.717, 1.165) is 12.8 Å². The number of methoxy groups -OCH3 is 1. The van der Waals surface area contributed by atoms with Gasteiger partial charge in [0.2, 0.25) is 0 Å². The molecule has 0 bridgehead atoms. The molecule has 108 valence electrons. The summed E-state index contributed by atoms with van der Waals surface area (Å²) in [5.74, 6) is -0.680. The molecule has 0 aliphatic heterocycles. The fourth-order valence-corrected chi connectivity index (χ4v) is 2.46. The number of hydrogen-bond acceptors (Lipinski definition) is 2. The van der Waals surface area contributed by atoms with E-state index >= 15 is 0 Å². The van der Waals surface area contributed by atoms with E-state index in [1.807, 2.05) is 20.8 Å². The van der Waals surface area contributed by atoms with E-state index in [9.17, 15) is 8.78 Å². The van der Waals surface area contributed by atoms with Crippen LogP contribution in [-0.4, -0.2) is 13.7 Å². The molecule has 1 aromatic rings. The fraction of sp³-hybridized carbons (Fsp3) is 0.600. The first-order valence-corrected chi connectivity index (χ1v) is 6.85. The van der Waals surface area contributed by atoms with Crippen molar-refractivity contribution in [3.8, 4) is 5.75 Å². The summed E-state index contributed by atoms with van der Waals surface area (Å²) in [6.45, 7) is 6.69. The Morgan fingerprint density at radius 3 is 2.00 bits per heavy atom. The van der Waals surface area contributed by atoms with Crippen LogP contribution < -0.4 is 10.1 Å². The fourth-order valence-electron chi connectivity index (χ4n) is 2.46. The number of hydrogen-bond donors (Lipinski definition) is 1. The Bertz CT molecular complexity index is 382. The van der Waals surface area contributed by atoms with Gasteiger partial charge in [-0.05, 0) is 12.5 Å². The molecule has 0 spiro atoms. The molecule has 1 N–H and O–H groups in total. The van der Waals surface area contributed by atoms with Crippen LogP contribution in [0.3, 0.4) is 0 Å². The van der Waals surface area contributed by atoms with E-state index in [-0.39, 0.29) is 23.3 Å². The summed E-state index contributed by atoms with van der Waals surface area (Å²) in [7, 11) is 1.40. The molecule has 0 fully saturated rings. The average Bonchev–Trinajstić information content (AvgIpc) is 2.39. The molecule has 1 atom stereocenters. The Balaban J connectivity index is 3.22. The molecule has 0 aliphatic rings. The number of nitrogens with one attached hydrogen (secondary N) is 1. The van der Waals surface area contributed by atoms with Gasteiger partial charge in [-0.25, -0.2) is 8.78 Å². The lowest BCUT2D eigenvalue weighted by Crippen LogP contribution is -2.29. The van der Waals surface area contributed by atoms with Crippen molar-refractivity contribution >= 4 is 0 Å². The molecular formula is C15H23F2NO. The van der Waals surface area contributed by atoms with Crippen LogP contribution in [0, 0.1) is 17.6 Å². The van der Waals surface area contributed by atoms with E-state index in [0.29, 0.717) is 6.54 Å². The molecule has 1 aromatic carbocycles. The number of rotatable bonds is 7. The Hall–Kier alpha value is -1.16. The Labute approximate surface area is 114 Å². The normalized spacial score (nSPS) is 12.8. The highest BCUT2D eigenvalue weighted by Gasteiger charge is 2.26. The number of ether oxygens (including phenoxy) is 1. The summed E-state index contributed by atoms with van der Waals surface area (Å²) in [5.41, 5.74) is 0.122. The molecule has 0 aliphatic carbocycles. The highest BCUT2D eigenvalue weighted by Crippen LogP contribution is 2.33. The zero-order valence-electron chi connectivity index (χ0n) is 12.1. The van der Waals surface area contributed by atoms with Gasteiger partial charge in [0.05, 0.1) is 7.11 Å². The minimum atomic E-state index is -0.547. The van der Waals surface area contributed by atoms with E-state index in [2.05, 4.69) is 5.32 Å². The van der Waals surface area contributed by atoms with Gasteiger partial charge in [-0.2, -0.15) is 0 Å². The molecule has 19 heavy (non-hydrogen) atoms. The van der Waals surface area contributed by atoms with Crippen LogP contribution in [0.5, 0.6) is 5.75 Å². The largest absolute Gasteiger partial charge is 0.497 e. The monoisotopic (exact) mass is 271 g/mol. The van der Waals surface area contributed by atoms with Crippen LogP contribution >= 0.6 is 0 Å². The summed E-state index contributed by atoms with van der Waals surface area (Å²) >= 11 is 0. The predicted molar refractivity (Wildman–Crippen MR) is 73.4 cm³/mol. The van der Waals surface area contributed by atoms with Crippen molar-refractivity contribution in [2.75, 3.05) is 13.7 Å². The zero-order chi connectivity index (χ0) is 14.4. The van der Waals surface area contributed by atoms with Crippen LogP contribution in [-0.2, 0) is 0 Å². The SMILES string of the molecule is CCNC(c1c(F)cc(OC)cc1F)C(CC)CC. The quantitative estimate of drug-likeness (QED) is 0.807. The van der Waals surface area contributed by atoms with Gasteiger partial charge in [0.1, 0.15) is 17.4 Å². The van der Waals surface area contributed by atoms with Gasteiger partial charge < -0.3 is 10.1 Å². The third-order valence-corrected chi connectivity index (χ3v) is 3.54. The molecule has 0 heterocycles.